The third-order valence-corrected chi connectivity index (χ3v) is 3.51. The molecule has 0 bridgehead atoms. The van der Waals surface area contributed by atoms with E-state index in [0.29, 0.717) is 6.04 Å². The average molecular weight is 233 g/mol. The highest BCUT2D eigenvalue weighted by Gasteiger charge is 2.17. The number of pyridine rings is 1. The van der Waals surface area contributed by atoms with Gasteiger partial charge in [-0.25, -0.2) is 0 Å². The van der Waals surface area contributed by atoms with Crippen LogP contribution in [-0.4, -0.2) is 17.6 Å². The number of aromatic nitrogens is 1. The summed E-state index contributed by atoms with van der Waals surface area (Å²) in [5.74, 6) is 0.902. The van der Waals surface area contributed by atoms with Crippen molar-refractivity contribution in [2.45, 2.75) is 45.6 Å². The molecule has 1 fully saturated rings. The summed E-state index contributed by atoms with van der Waals surface area (Å²) in [4.78, 5) is 4.26. The summed E-state index contributed by atoms with van der Waals surface area (Å²) in [6.45, 7) is 5.39. The van der Waals surface area contributed by atoms with Crippen LogP contribution in [0.1, 0.15) is 39.5 Å². The summed E-state index contributed by atoms with van der Waals surface area (Å²) in [5, 5.41) is 6.89. The quantitative estimate of drug-likeness (QED) is 0.835. The van der Waals surface area contributed by atoms with Gasteiger partial charge >= 0.3 is 0 Å². The van der Waals surface area contributed by atoms with Crippen LogP contribution in [0.15, 0.2) is 18.5 Å². The van der Waals surface area contributed by atoms with E-state index in [9.17, 15) is 0 Å². The zero-order chi connectivity index (χ0) is 12.1. The van der Waals surface area contributed by atoms with Gasteiger partial charge in [0.1, 0.15) is 0 Å². The van der Waals surface area contributed by atoms with Gasteiger partial charge in [-0.1, -0.05) is 6.92 Å². The van der Waals surface area contributed by atoms with Crippen LogP contribution >= 0.6 is 0 Å². The average Bonchev–Trinajstić information content (AvgIpc) is 2.33. The minimum atomic E-state index is 0.630. The van der Waals surface area contributed by atoms with Crippen molar-refractivity contribution in [3.05, 3.63) is 18.5 Å². The molecule has 2 rings (SSSR count). The predicted octanol–water partition coefficient (Wildman–Crippen LogP) is 3.50. The number of hydrogen-bond acceptors (Lipinski definition) is 3. The Balaban J connectivity index is 1.91. The van der Waals surface area contributed by atoms with Gasteiger partial charge in [-0.2, -0.15) is 0 Å². The third kappa shape index (κ3) is 3.62. The van der Waals surface area contributed by atoms with Crippen molar-refractivity contribution in [2.24, 2.45) is 5.92 Å². The van der Waals surface area contributed by atoms with Crippen LogP contribution in [0, 0.1) is 5.92 Å². The van der Waals surface area contributed by atoms with Crippen LogP contribution in [0.2, 0.25) is 0 Å². The van der Waals surface area contributed by atoms with Crippen molar-refractivity contribution < 1.29 is 0 Å². The Morgan fingerprint density at radius 1 is 1.18 bits per heavy atom. The molecule has 0 amide bonds. The molecule has 1 aromatic heterocycles. The highest BCUT2D eigenvalue weighted by molar-refractivity contribution is 5.54. The Hall–Kier alpha value is -1.25. The topological polar surface area (TPSA) is 37.0 Å². The molecule has 1 aromatic rings. The molecular weight excluding hydrogens is 210 g/mol. The Kier molecular flexibility index (Phi) is 4.24. The molecule has 0 radical (unpaired) electrons. The number of nitrogens with zero attached hydrogens (tertiary/aromatic N) is 1. The molecular formula is C14H23N3. The van der Waals surface area contributed by atoms with E-state index in [1.54, 1.807) is 0 Å². The first-order valence-corrected chi connectivity index (χ1v) is 6.73. The van der Waals surface area contributed by atoms with Crippen molar-refractivity contribution >= 4 is 11.4 Å². The van der Waals surface area contributed by atoms with Gasteiger partial charge in [-0.05, 0) is 44.6 Å². The zero-order valence-electron chi connectivity index (χ0n) is 10.9. The molecule has 0 aliphatic heterocycles. The first kappa shape index (κ1) is 12.2. The fourth-order valence-corrected chi connectivity index (χ4v) is 2.46. The summed E-state index contributed by atoms with van der Waals surface area (Å²) in [7, 11) is 0. The van der Waals surface area contributed by atoms with E-state index in [2.05, 4.69) is 35.5 Å². The molecule has 3 heteroatoms. The van der Waals surface area contributed by atoms with Gasteiger partial charge in [0.05, 0.1) is 23.8 Å². The second-order valence-corrected chi connectivity index (χ2v) is 5.09. The monoisotopic (exact) mass is 233 g/mol. The van der Waals surface area contributed by atoms with Crippen molar-refractivity contribution in [1.29, 1.82) is 0 Å². The van der Waals surface area contributed by atoms with E-state index in [-0.39, 0.29) is 0 Å². The number of rotatable bonds is 4. The largest absolute Gasteiger partial charge is 0.384 e. The van der Waals surface area contributed by atoms with Crippen LogP contribution in [-0.2, 0) is 0 Å². The van der Waals surface area contributed by atoms with E-state index in [0.717, 1.165) is 23.8 Å². The maximum absolute atomic E-state index is 4.26. The van der Waals surface area contributed by atoms with Gasteiger partial charge in [0.2, 0.25) is 0 Å². The van der Waals surface area contributed by atoms with Crippen LogP contribution < -0.4 is 10.6 Å². The lowest BCUT2D eigenvalue weighted by molar-refractivity contribution is 0.361. The summed E-state index contributed by atoms with van der Waals surface area (Å²) in [6, 6.07) is 2.78. The molecule has 1 aliphatic rings. The Morgan fingerprint density at radius 2 is 1.88 bits per heavy atom. The molecule has 0 spiro atoms. The lowest BCUT2D eigenvalue weighted by Gasteiger charge is -2.27. The van der Waals surface area contributed by atoms with E-state index < -0.39 is 0 Å². The molecule has 0 saturated heterocycles. The minimum Gasteiger partial charge on any atom is -0.384 e. The number of hydrogen-bond donors (Lipinski definition) is 2. The second-order valence-electron chi connectivity index (χ2n) is 5.09. The molecule has 94 valence electrons. The van der Waals surface area contributed by atoms with Crippen LogP contribution in [0.3, 0.4) is 0 Å². The van der Waals surface area contributed by atoms with Crippen molar-refractivity contribution in [3.63, 3.8) is 0 Å². The maximum Gasteiger partial charge on any atom is 0.0549 e. The van der Waals surface area contributed by atoms with Crippen molar-refractivity contribution in [3.8, 4) is 0 Å². The molecule has 17 heavy (non-hydrogen) atoms. The summed E-state index contributed by atoms with van der Waals surface area (Å²) < 4.78 is 0. The first-order valence-electron chi connectivity index (χ1n) is 6.73. The Labute approximate surface area is 104 Å². The molecule has 2 N–H and O–H groups in total. The summed E-state index contributed by atoms with van der Waals surface area (Å²) in [5.41, 5.74) is 2.24. The highest BCUT2D eigenvalue weighted by atomic mass is 14.9. The third-order valence-electron chi connectivity index (χ3n) is 3.51. The predicted molar refractivity (Wildman–Crippen MR) is 73.4 cm³/mol. The van der Waals surface area contributed by atoms with E-state index in [1.165, 1.54) is 25.7 Å². The normalized spacial score (nSPS) is 24.4. The zero-order valence-corrected chi connectivity index (χ0v) is 10.9. The standard InChI is InChI=1S/C14H23N3/c1-3-16-13-8-14(10-15-9-13)17-12-6-4-11(2)5-7-12/h8-12,16-17H,3-7H2,1-2H3. The lowest BCUT2D eigenvalue weighted by Crippen LogP contribution is -2.25. The molecule has 0 atom stereocenters. The minimum absolute atomic E-state index is 0.630. The van der Waals surface area contributed by atoms with Crippen LogP contribution in [0.25, 0.3) is 0 Å². The molecule has 1 heterocycles. The smallest absolute Gasteiger partial charge is 0.0549 e. The van der Waals surface area contributed by atoms with Gasteiger partial charge in [-0.15, -0.1) is 0 Å². The lowest BCUT2D eigenvalue weighted by atomic mass is 9.87. The molecule has 1 aliphatic carbocycles. The van der Waals surface area contributed by atoms with E-state index in [1.807, 2.05) is 12.4 Å². The van der Waals surface area contributed by atoms with Gasteiger partial charge in [0.25, 0.3) is 0 Å². The SMILES string of the molecule is CCNc1cncc(NC2CCC(C)CC2)c1. The second kappa shape index (κ2) is 5.89. The molecule has 0 aromatic carbocycles. The highest BCUT2D eigenvalue weighted by Crippen LogP contribution is 2.26. The first-order chi connectivity index (χ1) is 8.28. The number of nitrogens with one attached hydrogen (secondary N) is 2. The van der Waals surface area contributed by atoms with Gasteiger partial charge < -0.3 is 10.6 Å². The van der Waals surface area contributed by atoms with Crippen LogP contribution in [0.4, 0.5) is 11.4 Å². The summed E-state index contributed by atoms with van der Waals surface area (Å²) >= 11 is 0. The van der Waals surface area contributed by atoms with Gasteiger partial charge in [0.15, 0.2) is 0 Å². The maximum atomic E-state index is 4.26. The fraction of sp³-hybridized carbons (Fsp3) is 0.643. The van der Waals surface area contributed by atoms with E-state index in [4.69, 9.17) is 0 Å². The Morgan fingerprint density at radius 3 is 2.59 bits per heavy atom. The van der Waals surface area contributed by atoms with Crippen molar-refractivity contribution in [2.75, 3.05) is 17.2 Å². The van der Waals surface area contributed by atoms with Crippen LogP contribution in [0.5, 0.6) is 0 Å². The van der Waals surface area contributed by atoms with Gasteiger partial charge in [-0.3, -0.25) is 4.98 Å². The van der Waals surface area contributed by atoms with E-state index >= 15 is 0 Å². The Bertz CT molecular complexity index is 343. The van der Waals surface area contributed by atoms with Crippen molar-refractivity contribution in [1.82, 2.24) is 4.98 Å². The summed E-state index contributed by atoms with van der Waals surface area (Å²) in [6.07, 6.45) is 9.05. The number of anilines is 2. The molecule has 1 saturated carbocycles. The molecule has 3 nitrogen and oxygen atoms in total. The van der Waals surface area contributed by atoms with Gasteiger partial charge in [0, 0.05) is 12.6 Å². The fourth-order valence-electron chi connectivity index (χ4n) is 2.46. The molecule has 0 unspecified atom stereocenters.